The number of nitrogens with one attached hydrogen (secondary N) is 2. The van der Waals surface area contributed by atoms with Crippen molar-refractivity contribution in [1.29, 1.82) is 0 Å². The molecular formula is C24H29N3O4. The molecule has 1 atom stereocenters. The fraction of sp³-hybridized carbons (Fsp3) is 0.375. The van der Waals surface area contributed by atoms with E-state index in [4.69, 9.17) is 0 Å². The predicted octanol–water partition coefficient (Wildman–Crippen LogP) is 2.58. The minimum Gasteiger partial charge on any atom is -0.384 e. The Kier molecular flexibility index (Phi) is 6.75. The Morgan fingerprint density at radius 3 is 2.48 bits per heavy atom. The van der Waals surface area contributed by atoms with E-state index >= 15 is 0 Å². The van der Waals surface area contributed by atoms with Crippen LogP contribution in [0.15, 0.2) is 48.5 Å². The summed E-state index contributed by atoms with van der Waals surface area (Å²) in [6.07, 6.45) is 1.75. The molecule has 0 saturated carbocycles. The first kappa shape index (κ1) is 22.5. The van der Waals surface area contributed by atoms with Crippen molar-refractivity contribution in [2.75, 3.05) is 23.3 Å². The van der Waals surface area contributed by atoms with E-state index in [2.05, 4.69) is 10.6 Å². The molecule has 1 unspecified atom stereocenters. The van der Waals surface area contributed by atoms with Gasteiger partial charge in [0.2, 0.25) is 5.91 Å². The van der Waals surface area contributed by atoms with Gasteiger partial charge in [-0.3, -0.25) is 14.4 Å². The summed E-state index contributed by atoms with van der Waals surface area (Å²) in [4.78, 5) is 38.9. The van der Waals surface area contributed by atoms with Gasteiger partial charge in [-0.1, -0.05) is 50.2 Å². The number of carbonyl (C=O) groups is 3. The van der Waals surface area contributed by atoms with Crippen LogP contribution in [-0.4, -0.2) is 35.9 Å². The van der Waals surface area contributed by atoms with E-state index in [9.17, 15) is 19.5 Å². The highest BCUT2D eigenvalue weighted by molar-refractivity contribution is 6.39. The van der Waals surface area contributed by atoms with Gasteiger partial charge in [0, 0.05) is 23.8 Å². The van der Waals surface area contributed by atoms with Gasteiger partial charge in [-0.05, 0) is 43.0 Å². The Morgan fingerprint density at radius 1 is 1.10 bits per heavy atom. The van der Waals surface area contributed by atoms with E-state index in [-0.39, 0.29) is 18.4 Å². The minimum atomic E-state index is -1.30. The van der Waals surface area contributed by atoms with Crippen LogP contribution in [0.4, 0.5) is 11.4 Å². The number of hydrogen-bond acceptors (Lipinski definition) is 4. The summed E-state index contributed by atoms with van der Waals surface area (Å²) < 4.78 is 0. The van der Waals surface area contributed by atoms with Crippen molar-refractivity contribution in [1.82, 2.24) is 5.32 Å². The maximum atomic E-state index is 12.5. The first-order chi connectivity index (χ1) is 14.7. The Hall–Kier alpha value is -3.19. The smallest absolute Gasteiger partial charge is 0.313 e. The Labute approximate surface area is 182 Å². The molecule has 7 nitrogen and oxygen atoms in total. The SMILES string of the molecule is CC(C)C(=O)N1CCCc2ccc(NC(=O)C(=O)NCC(C)(O)c3ccccc3)cc21. The van der Waals surface area contributed by atoms with Crippen LogP contribution < -0.4 is 15.5 Å². The predicted molar refractivity (Wildman–Crippen MR) is 120 cm³/mol. The van der Waals surface area contributed by atoms with Gasteiger partial charge >= 0.3 is 11.8 Å². The quantitative estimate of drug-likeness (QED) is 0.644. The molecular weight excluding hydrogens is 394 g/mol. The highest BCUT2D eigenvalue weighted by Crippen LogP contribution is 2.31. The molecule has 1 aliphatic heterocycles. The second-order valence-corrected chi connectivity index (χ2v) is 8.37. The van der Waals surface area contributed by atoms with E-state index in [1.807, 2.05) is 26.0 Å². The van der Waals surface area contributed by atoms with Crippen LogP contribution >= 0.6 is 0 Å². The summed E-state index contributed by atoms with van der Waals surface area (Å²) in [5.41, 5.74) is 1.59. The normalized spacial score (nSPS) is 15.1. The standard InChI is InChI=1S/C24H29N3O4/c1-16(2)23(30)27-13-7-8-17-11-12-19(14-20(17)27)26-22(29)21(28)25-15-24(3,31)18-9-5-4-6-10-18/h4-6,9-12,14,16,31H,7-8,13,15H2,1-3H3,(H,25,28)(H,26,29). The van der Waals surface area contributed by atoms with Crippen LogP contribution in [0.25, 0.3) is 0 Å². The van der Waals surface area contributed by atoms with Gasteiger partial charge in [-0.2, -0.15) is 0 Å². The third-order valence-electron chi connectivity index (χ3n) is 5.42. The van der Waals surface area contributed by atoms with Gasteiger partial charge in [-0.15, -0.1) is 0 Å². The van der Waals surface area contributed by atoms with E-state index in [0.29, 0.717) is 17.8 Å². The number of amides is 3. The lowest BCUT2D eigenvalue weighted by molar-refractivity contribution is -0.136. The fourth-order valence-corrected chi connectivity index (χ4v) is 3.61. The van der Waals surface area contributed by atoms with Crippen LogP contribution in [0.1, 0.15) is 38.3 Å². The van der Waals surface area contributed by atoms with Crippen LogP contribution in [0, 0.1) is 5.92 Å². The number of aryl methyl sites for hydroxylation is 1. The number of hydrogen-bond donors (Lipinski definition) is 3. The minimum absolute atomic E-state index is 0.0327. The Morgan fingerprint density at radius 2 is 1.81 bits per heavy atom. The topological polar surface area (TPSA) is 98.7 Å². The van der Waals surface area contributed by atoms with Crippen LogP contribution in [0.5, 0.6) is 0 Å². The molecule has 1 aliphatic rings. The molecule has 0 spiro atoms. The highest BCUT2D eigenvalue weighted by atomic mass is 16.3. The van der Waals surface area contributed by atoms with E-state index in [0.717, 1.165) is 24.1 Å². The van der Waals surface area contributed by atoms with Gasteiger partial charge < -0.3 is 20.6 Å². The molecule has 0 bridgehead atoms. The molecule has 2 aromatic carbocycles. The summed E-state index contributed by atoms with van der Waals surface area (Å²) >= 11 is 0. The van der Waals surface area contributed by atoms with Crippen molar-refractivity contribution in [3.8, 4) is 0 Å². The summed E-state index contributed by atoms with van der Waals surface area (Å²) in [7, 11) is 0. The van der Waals surface area contributed by atoms with Gasteiger partial charge in [0.05, 0.1) is 6.54 Å². The number of carbonyl (C=O) groups excluding carboxylic acids is 3. The van der Waals surface area contributed by atoms with E-state index < -0.39 is 17.4 Å². The lowest BCUT2D eigenvalue weighted by atomic mass is 9.96. The number of anilines is 2. The molecule has 3 N–H and O–H groups in total. The third-order valence-corrected chi connectivity index (χ3v) is 5.42. The zero-order valence-electron chi connectivity index (χ0n) is 18.1. The summed E-state index contributed by atoms with van der Waals surface area (Å²) in [5, 5.41) is 15.6. The van der Waals surface area contributed by atoms with Gasteiger partial charge in [0.1, 0.15) is 5.60 Å². The molecule has 0 fully saturated rings. The summed E-state index contributed by atoms with van der Waals surface area (Å²) in [6, 6.07) is 14.3. The van der Waals surface area contributed by atoms with Crippen molar-refractivity contribution < 1.29 is 19.5 Å². The zero-order chi connectivity index (χ0) is 22.6. The molecule has 7 heteroatoms. The number of aliphatic hydroxyl groups is 1. The summed E-state index contributed by atoms with van der Waals surface area (Å²) in [5.74, 6) is -1.77. The second-order valence-electron chi connectivity index (χ2n) is 8.37. The maximum Gasteiger partial charge on any atom is 0.313 e. The lowest BCUT2D eigenvalue weighted by Crippen LogP contribution is -2.43. The number of nitrogens with zero attached hydrogens (tertiary/aromatic N) is 1. The van der Waals surface area contributed by atoms with E-state index in [1.54, 1.807) is 48.2 Å². The molecule has 1 heterocycles. The molecule has 164 valence electrons. The van der Waals surface area contributed by atoms with Crippen molar-refractivity contribution in [2.45, 2.75) is 39.2 Å². The van der Waals surface area contributed by atoms with Crippen molar-refractivity contribution in [2.24, 2.45) is 5.92 Å². The molecule has 0 radical (unpaired) electrons. The van der Waals surface area contributed by atoms with Crippen LogP contribution in [-0.2, 0) is 26.4 Å². The van der Waals surface area contributed by atoms with Crippen molar-refractivity contribution >= 4 is 29.1 Å². The molecule has 3 amide bonds. The molecule has 0 saturated heterocycles. The number of fused-ring (bicyclic) bond motifs is 1. The van der Waals surface area contributed by atoms with Crippen molar-refractivity contribution in [3.05, 3.63) is 59.7 Å². The fourth-order valence-electron chi connectivity index (χ4n) is 3.61. The number of rotatable bonds is 5. The molecule has 31 heavy (non-hydrogen) atoms. The van der Waals surface area contributed by atoms with E-state index in [1.165, 1.54) is 0 Å². The monoisotopic (exact) mass is 423 g/mol. The summed E-state index contributed by atoms with van der Waals surface area (Å²) in [6.45, 7) is 5.82. The van der Waals surface area contributed by atoms with Gasteiger partial charge in [-0.25, -0.2) is 0 Å². The molecule has 3 rings (SSSR count). The average Bonchev–Trinajstić information content (AvgIpc) is 2.77. The Balaban J connectivity index is 1.66. The first-order valence-electron chi connectivity index (χ1n) is 10.5. The molecule has 2 aromatic rings. The van der Waals surface area contributed by atoms with Crippen LogP contribution in [0.2, 0.25) is 0 Å². The second kappa shape index (κ2) is 9.31. The van der Waals surface area contributed by atoms with Crippen LogP contribution in [0.3, 0.4) is 0 Å². The average molecular weight is 424 g/mol. The highest BCUT2D eigenvalue weighted by Gasteiger charge is 2.27. The Bertz CT molecular complexity index is 970. The molecule has 0 aromatic heterocycles. The first-order valence-corrected chi connectivity index (χ1v) is 10.5. The largest absolute Gasteiger partial charge is 0.384 e. The van der Waals surface area contributed by atoms with Gasteiger partial charge in [0.25, 0.3) is 0 Å². The van der Waals surface area contributed by atoms with Crippen molar-refractivity contribution in [3.63, 3.8) is 0 Å². The van der Waals surface area contributed by atoms with Gasteiger partial charge in [0.15, 0.2) is 0 Å². The number of benzene rings is 2. The lowest BCUT2D eigenvalue weighted by Gasteiger charge is -2.31. The third kappa shape index (κ3) is 5.30. The zero-order valence-corrected chi connectivity index (χ0v) is 18.1. The molecule has 0 aliphatic carbocycles. The maximum absolute atomic E-state index is 12.5.